The molecule has 1 aromatic carbocycles. The lowest BCUT2D eigenvalue weighted by Gasteiger charge is -2.16. The van der Waals surface area contributed by atoms with E-state index < -0.39 is 27.8 Å². The highest BCUT2D eigenvalue weighted by Crippen LogP contribution is 2.23. The van der Waals surface area contributed by atoms with Crippen LogP contribution in [0.15, 0.2) is 46.7 Å². The number of ether oxygens (including phenoxy) is 1. The Bertz CT molecular complexity index is 848. The second kappa shape index (κ2) is 9.16. The Labute approximate surface area is 161 Å². The Morgan fingerprint density at radius 1 is 1.23 bits per heavy atom. The van der Waals surface area contributed by atoms with Crippen molar-refractivity contribution >= 4 is 44.7 Å². The Morgan fingerprint density at radius 3 is 2.50 bits per heavy atom. The minimum Gasteiger partial charge on any atom is -0.469 e. The van der Waals surface area contributed by atoms with Gasteiger partial charge in [-0.2, -0.15) is 0 Å². The van der Waals surface area contributed by atoms with Crippen LogP contribution in [0.5, 0.6) is 0 Å². The molecular weight excluding hydrogens is 398 g/mol. The fourth-order valence-electron chi connectivity index (χ4n) is 2.22. The number of hydrogen-bond acceptors (Lipinski definition) is 6. The summed E-state index contributed by atoms with van der Waals surface area (Å²) < 4.78 is 29.2. The maximum absolute atomic E-state index is 12.3. The van der Waals surface area contributed by atoms with E-state index in [0.29, 0.717) is 5.02 Å². The van der Waals surface area contributed by atoms with E-state index in [-0.39, 0.29) is 23.5 Å². The molecule has 1 N–H and O–H groups in total. The Morgan fingerprint density at radius 2 is 1.92 bits per heavy atom. The van der Waals surface area contributed by atoms with Crippen LogP contribution in [0.4, 0.5) is 0 Å². The monoisotopic (exact) mass is 415 g/mol. The summed E-state index contributed by atoms with van der Waals surface area (Å²) >= 11 is 7.15. The van der Waals surface area contributed by atoms with Gasteiger partial charge in [-0.25, -0.2) is 8.42 Å². The lowest BCUT2D eigenvalue weighted by Crippen LogP contribution is -2.31. The molecule has 2 rings (SSSR count). The molecular formula is C17H18ClNO5S2. The van der Waals surface area contributed by atoms with Crippen LogP contribution in [0.3, 0.4) is 0 Å². The zero-order valence-electron chi connectivity index (χ0n) is 14.0. The van der Waals surface area contributed by atoms with Gasteiger partial charge in [0.2, 0.25) is 5.91 Å². The van der Waals surface area contributed by atoms with Crippen LogP contribution in [-0.2, 0) is 24.2 Å². The number of rotatable bonds is 8. The van der Waals surface area contributed by atoms with E-state index in [1.807, 2.05) is 5.38 Å². The third-order valence-electron chi connectivity index (χ3n) is 3.59. The van der Waals surface area contributed by atoms with Gasteiger partial charge in [-0.15, -0.1) is 11.3 Å². The number of sulfone groups is 1. The summed E-state index contributed by atoms with van der Waals surface area (Å²) in [6.07, 6.45) is -0.235. The van der Waals surface area contributed by atoms with Crippen LogP contribution in [0, 0.1) is 0 Å². The zero-order valence-corrected chi connectivity index (χ0v) is 16.4. The first-order valence-electron chi connectivity index (χ1n) is 7.69. The average Bonchev–Trinajstić information content (AvgIpc) is 3.14. The van der Waals surface area contributed by atoms with Crippen LogP contribution < -0.4 is 5.32 Å². The van der Waals surface area contributed by atoms with E-state index >= 15 is 0 Å². The van der Waals surface area contributed by atoms with Crippen LogP contribution in [-0.4, -0.2) is 33.2 Å². The topological polar surface area (TPSA) is 89.5 Å². The number of thiophene rings is 1. The molecule has 1 unspecified atom stereocenters. The minimum absolute atomic E-state index is 0.0211. The normalized spacial score (nSPS) is 12.4. The second-order valence-corrected chi connectivity index (χ2v) is 8.96. The number of hydrogen-bond donors (Lipinski definition) is 1. The van der Waals surface area contributed by atoms with Crippen molar-refractivity contribution in [2.75, 3.05) is 12.9 Å². The molecule has 0 radical (unpaired) electrons. The van der Waals surface area contributed by atoms with E-state index in [1.54, 1.807) is 12.1 Å². The molecule has 140 valence electrons. The van der Waals surface area contributed by atoms with E-state index in [9.17, 15) is 18.0 Å². The standard InChI is InChI=1S/C17H18ClNO5S2/c1-24-17(21)11-14(15-3-2-9-25-15)19-16(20)8-10-26(22,23)13-6-4-12(18)5-7-13/h2-7,9,14H,8,10-11H2,1H3,(H,19,20). The molecule has 0 saturated heterocycles. The molecule has 0 aliphatic carbocycles. The molecule has 9 heteroatoms. The number of carbonyl (C=O) groups excluding carboxylic acids is 2. The molecule has 1 amide bonds. The third kappa shape index (κ3) is 5.82. The van der Waals surface area contributed by atoms with Crippen LogP contribution in [0.1, 0.15) is 23.8 Å². The number of methoxy groups -OCH3 is 1. The number of esters is 1. The SMILES string of the molecule is COC(=O)CC(NC(=O)CCS(=O)(=O)c1ccc(Cl)cc1)c1cccs1. The lowest BCUT2D eigenvalue weighted by molar-refractivity contribution is -0.141. The van der Waals surface area contributed by atoms with Gasteiger partial charge in [0.25, 0.3) is 0 Å². The maximum atomic E-state index is 12.3. The summed E-state index contributed by atoms with van der Waals surface area (Å²) in [7, 11) is -2.33. The highest BCUT2D eigenvalue weighted by Gasteiger charge is 2.22. The van der Waals surface area contributed by atoms with Crippen LogP contribution >= 0.6 is 22.9 Å². The van der Waals surface area contributed by atoms with Gasteiger partial charge in [-0.1, -0.05) is 17.7 Å². The van der Waals surface area contributed by atoms with E-state index in [0.717, 1.165) is 4.88 Å². The van der Waals surface area contributed by atoms with E-state index in [1.165, 1.54) is 42.7 Å². The first-order valence-corrected chi connectivity index (χ1v) is 10.6. The number of benzene rings is 1. The average molecular weight is 416 g/mol. The summed E-state index contributed by atoms with van der Waals surface area (Å²) in [4.78, 5) is 24.7. The first kappa shape index (κ1) is 20.4. The molecule has 0 bridgehead atoms. The molecule has 2 aromatic rings. The molecule has 6 nitrogen and oxygen atoms in total. The molecule has 0 aliphatic rings. The van der Waals surface area contributed by atoms with Gasteiger partial charge in [0.1, 0.15) is 0 Å². The fourth-order valence-corrected chi connectivity index (χ4v) is 4.36. The van der Waals surface area contributed by atoms with E-state index in [4.69, 9.17) is 11.6 Å². The van der Waals surface area contributed by atoms with Crippen molar-refractivity contribution in [1.82, 2.24) is 5.32 Å². The summed E-state index contributed by atoms with van der Waals surface area (Å²) in [5.41, 5.74) is 0. The Kier molecular flexibility index (Phi) is 7.19. The van der Waals surface area contributed by atoms with Gasteiger partial charge in [-0.05, 0) is 35.7 Å². The predicted octanol–water partition coefficient (Wildman–Crippen LogP) is 2.99. The number of halogens is 1. The number of amides is 1. The van der Waals surface area contributed by atoms with Crippen molar-refractivity contribution in [3.63, 3.8) is 0 Å². The summed E-state index contributed by atoms with van der Waals surface area (Å²) in [5, 5.41) is 4.97. The van der Waals surface area contributed by atoms with Crippen molar-refractivity contribution in [2.45, 2.75) is 23.8 Å². The highest BCUT2D eigenvalue weighted by molar-refractivity contribution is 7.91. The van der Waals surface area contributed by atoms with Gasteiger partial charge in [0.05, 0.1) is 30.2 Å². The largest absolute Gasteiger partial charge is 0.469 e. The van der Waals surface area contributed by atoms with Crippen molar-refractivity contribution in [3.8, 4) is 0 Å². The Hall–Kier alpha value is -1.90. The smallest absolute Gasteiger partial charge is 0.307 e. The Balaban J connectivity index is 1.99. The molecule has 0 fully saturated rings. The molecule has 26 heavy (non-hydrogen) atoms. The van der Waals surface area contributed by atoms with Crippen molar-refractivity contribution < 1.29 is 22.7 Å². The third-order valence-corrected chi connectivity index (χ3v) is 6.56. The number of carbonyl (C=O) groups is 2. The van der Waals surface area contributed by atoms with Crippen LogP contribution in [0.2, 0.25) is 5.02 Å². The minimum atomic E-state index is -3.60. The second-order valence-electron chi connectivity index (χ2n) is 5.44. The summed E-state index contributed by atoms with van der Waals surface area (Å²) in [6, 6.07) is 8.83. The quantitative estimate of drug-likeness (QED) is 0.669. The summed E-state index contributed by atoms with van der Waals surface area (Å²) in [6.45, 7) is 0. The van der Waals surface area contributed by atoms with Gasteiger partial charge in [-0.3, -0.25) is 9.59 Å². The highest BCUT2D eigenvalue weighted by atomic mass is 35.5. The molecule has 0 aliphatic heterocycles. The van der Waals surface area contributed by atoms with Gasteiger partial charge in [0.15, 0.2) is 9.84 Å². The van der Waals surface area contributed by atoms with Gasteiger partial charge in [0, 0.05) is 16.3 Å². The lowest BCUT2D eigenvalue weighted by atomic mass is 10.1. The molecule has 0 spiro atoms. The van der Waals surface area contributed by atoms with Crippen molar-refractivity contribution in [3.05, 3.63) is 51.7 Å². The van der Waals surface area contributed by atoms with Crippen LogP contribution in [0.25, 0.3) is 0 Å². The molecule has 1 heterocycles. The van der Waals surface area contributed by atoms with Gasteiger partial charge < -0.3 is 10.1 Å². The molecule has 0 saturated carbocycles. The first-order chi connectivity index (χ1) is 12.3. The maximum Gasteiger partial charge on any atom is 0.307 e. The number of nitrogens with one attached hydrogen (secondary N) is 1. The zero-order chi connectivity index (χ0) is 19.2. The van der Waals surface area contributed by atoms with Crippen molar-refractivity contribution in [2.24, 2.45) is 0 Å². The van der Waals surface area contributed by atoms with Gasteiger partial charge >= 0.3 is 5.97 Å². The molecule has 1 atom stereocenters. The predicted molar refractivity (Wildman–Crippen MR) is 100.0 cm³/mol. The fraction of sp³-hybridized carbons (Fsp3) is 0.294. The molecule has 1 aromatic heterocycles. The van der Waals surface area contributed by atoms with Crippen molar-refractivity contribution in [1.29, 1.82) is 0 Å². The summed E-state index contributed by atoms with van der Waals surface area (Å²) in [5.74, 6) is -1.25. The van der Waals surface area contributed by atoms with E-state index in [2.05, 4.69) is 10.1 Å².